The molecule has 1 aliphatic heterocycles. The van der Waals surface area contributed by atoms with Crippen LogP contribution in [0, 0.1) is 0 Å². The SMILES string of the molecule is CCCOc1c(OCC)cccc1[C@H]1NC(=O)c2ccccc2N1. The maximum absolute atomic E-state index is 12.4. The van der Waals surface area contributed by atoms with Crippen LogP contribution < -0.4 is 20.1 Å². The molecular weight excluding hydrogens is 304 g/mol. The number of amides is 1. The molecule has 0 unspecified atom stereocenters. The molecule has 0 aliphatic carbocycles. The largest absolute Gasteiger partial charge is 0.490 e. The Morgan fingerprint density at radius 2 is 1.83 bits per heavy atom. The van der Waals surface area contributed by atoms with Gasteiger partial charge in [-0.3, -0.25) is 4.79 Å². The van der Waals surface area contributed by atoms with E-state index in [-0.39, 0.29) is 12.1 Å². The van der Waals surface area contributed by atoms with Gasteiger partial charge in [-0.15, -0.1) is 0 Å². The van der Waals surface area contributed by atoms with Gasteiger partial charge >= 0.3 is 0 Å². The van der Waals surface area contributed by atoms with E-state index in [2.05, 4.69) is 17.6 Å². The molecule has 3 rings (SSSR count). The van der Waals surface area contributed by atoms with Crippen molar-refractivity contribution in [2.24, 2.45) is 0 Å². The summed E-state index contributed by atoms with van der Waals surface area (Å²) in [7, 11) is 0. The van der Waals surface area contributed by atoms with E-state index in [1.807, 2.05) is 43.3 Å². The molecule has 0 fully saturated rings. The number of carbonyl (C=O) groups is 1. The number of carbonyl (C=O) groups excluding carboxylic acids is 1. The zero-order valence-corrected chi connectivity index (χ0v) is 14.0. The van der Waals surface area contributed by atoms with E-state index in [1.54, 1.807) is 6.07 Å². The summed E-state index contributed by atoms with van der Waals surface area (Å²) < 4.78 is 11.6. The Labute approximate surface area is 142 Å². The van der Waals surface area contributed by atoms with Crippen LogP contribution in [0.15, 0.2) is 42.5 Å². The van der Waals surface area contributed by atoms with Crippen LogP contribution >= 0.6 is 0 Å². The Bertz CT molecular complexity index is 730. The Morgan fingerprint density at radius 1 is 1.00 bits per heavy atom. The summed E-state index contributed by atoms with van der Waals surface area (Å²) >= 11 is 0. The van der Waals surface area contributed by atoms with Gasteiger partial charge in [0.25, 0.3) is 5.91 Å². The van der Waals surface area contributed by atoms with Crippen LogP contribution in [0.4, 0.5) is 5.69 Å². The highest BCUT2D eigenvalue weighted by atomic mass is 16.5. The molecule has 0 aromatic heterocycles. The quantitative estimate of drug-likeness (QED) is 0.849. The molecule has 1 heterocycles. The summed E-state index contributed by atoms with van der Waals surface area (Å²) in [5.74, 6) is 1.27. The van der Waals surface area contributed by atoms with Crippen LogP contribution in [0.2, 0.25) is 0 Å². The molecule has 2 aromatic rings. The van der Waals surface area contributed by atoms with E-state index in [0.29, 0.717) is 30.3 Å². The first-order valence-electron chi connectivity index (χ1n) is 8.29. The molecule has 2 aromatic carbocycles. The lowest BCUT2D eigenvalue weighted by Gasteiger charge is -2.29. The summed E-state index contributed by atoms with van der Waals surface area (Å²) in [5.41, 5.74) is 2.32. The van der Waals surface area contributed by atoms with Crippen LogP contribution in [0.3, 0.4) is 0 Å². The number of para-hydroxylation sites is 2. The normalized spacial score (nSPS) is 15.9. The smallest absolute Gasteiger partial charge is 0.255 e. The third kappa shape index (κ3) is 3.15. The monoisotopic (exact) mass is 326 g/mol. The summed E-state index contributed by atoms with van der Waals surface area (Å²) in [4.78, 5) is 12.4. The van der Waals surface area contributed by atoms with Crippen molar-refractivity contribution in [3.05, 3.63) is 53.6 Å². The summed E-state index contributed by atoms with van der Waals surface area (Å²) in [6, 6.07) is 13.2. The number of ether oxygens (including phenoxy) is 2. The van der Waals surface area contributed by atoms with Gasteiger partial charge < -0.3 is 20.1 Å². The summed E-state index contributed by atoms with van der Waals surface area (Å²) in [5, 5.41) is 6.35. The number of fused-ring (bicyclic) bond motifs is 1. The maximum atomic E-state index is 12.4. The molecule has 0 saturated heterocycles. The predicted molar refractivity (Wildman–Crippen MR) is 93.7 cm³/mol. The molecule has 5 nitrogen and oxygen atoms in total. The van der Waals surface area contributed by atoms with Crippen LogP contribution in [0.1, 0.15) is 42.4 Å². The van der Waals surface area contributed by atoms with Crippen molar-refractivity contribution in [2.75, 3.05) is 18.5 Å². The third-order valence-electron chi connectivity index (χ3n) is 3.82. The fraction of sp³-hybridized carbons (Fsp3) is 0.316. The highest BCUT2D eigenvalue weighted by molar-refractivity contribution is 6.01. The molecule has 1 amide bonds. The number of benzene rings is 2. The molecule has 0 saturated carbocycles. The van der Waals surface area contributed by atoms with Crippen LogP contribution in [0.5, 0.6) is 11.5 Å². The van der Waals surface area contributed by atoms with Crippen molar-refractivity contribution < 1.29 is 14.3 Å². The predicted octanol–water partition coefficient (Wildman–Crippen LogP) is 3.73. The topological polar surface area (TPSA) is 59.6 Å². The van der Waals surface area contributed by atoms with E-state index < -0.39 is 0 Å². The zero-order valence-electron chi connectivity index (χ0n) is 14.0. The molecular formula is C19H22N2O3. The average Bonchev–Trinajstić information content (AvgIpc) is 2.60. The maximum Gasteiger partial charge on any atom is 0.255 e. The summed E-state index contributed by atoms with van der Waals surface area (Å²) in [6.07, 6.45) is 0.535. The van der Waals surface area contributed by atoms with Crippen molar-refractivity contribution >= 4 is 11.6 Å². The van der Waals surface area contributed by atoms with E-state index >= 15 is 0 Å². The second-order valence-electron chi connectivity index (χ2n) is 5.55. The first kappa shape index (κ1) is 16.2. The number of hydrogen-bond donors (Lipinski definition) is 2. The Hall–Kier alpha value is -2.69. The molecule has 0 bridgehead atoms. The Morgan fingerprint density at radius 3 is 2.62 bits per heavy atom. The summed E-state index contributed by atoms with van der Waals surface area (Å²) in [6.45, 7) is 5.14. The lowest BCUT2D eigenvalue weighted by Crippen LogP contribution is -2.38. The Balaban J connectivity index is 1.97. The van der Waals surface area contributed by atoms with Crippen molar-refractivity contribution in [3.8, 4) is 11.5 Å². The van der Waals surface area contributed by atoms with Crippen molar-refractivity contribution in [1.29, 1.82) is 0 Å². The van der Waals surface area contributed by atoms with Gasteiger partial charge in [0, 0.05) is 11.3 Å². The fourth-order valence-electron chi connectivity index (χ4n) is 2.75. The first-order valence-corrected chi connectivity index (χ1v) is 8.29. The molecule has 2 N–H and O–H groups in total. The third-order valence-corrected chi connectivity index (χ3v) is 3.82. The molecule has 0 spiro atoms. The van der Waals surface area contributed by atoms with Gasteiger partial charge in [-0.2, -0.15) is 0 Å². The van der Waals surface area contributed by atoms with E-state index in [0.717, 1.165) is 17.7 Å². The molecule has 1 aliphatic rings. The molecule has 1 atom stereocenters. The molecule has 0 radical (unpaired) electrons. The lowest BCUT2D eigenvalue weighted by molar-refractivity contribution is 0.0935. The molecule has 5 heteroatoms. The van der Waals surface area contributed by atoms with Gasteiger partial charge in [-0.1, -0.05) is 31.2 Å². The highest BCUT2D eigenvalue weighted by Crippen LogP contribution is 2.37. The number of nitrogens with one attached hydrogen (secondary N) is 2. The van der Waals surface area contributed by atoms with Gasteiger partial charge in [0.2, 0.25) is 0 Å². The lowest BCUT2D eigenvalue weighted by atomic mass is 10.0. The van der Waals surface area contributed by atoms with Gasteiger partial charge in [0.1, 0.15) is 6.17 Å². The minimum Gasteiger partial charge on any atom is -0.490 e. The van der Waals surface area contributed by atoms with Crippen molar-refractivity contribution in [1.82, 2.24) is 5.32 Å². The van der Waals surface area contributed by atoms with E-state index in [1.165, 1.54) is 0 Å². The van der Waals surface area contributed by atoms with Crippen LogP contribution in [-0.2, 0) is 0 Å². The van der Waals surface area contributed by atoms with Gasteiger partial charge in [-0.25, -0.2) is 0 Å². The minimum absolute atomic E-state index is 0.0994. The fourth-order valence-corrected chi connectivity index (χ4v) is 2.75. The second kappa shape index (κ2) is 7.25. The van der Waals surface area contributed by atoms with Gasteiger partial charge in [-0.05, 0) is 31.5 Å². The van der Waals surface area contributed by atoms with Crippen LogP contribution in [-0.4, -0.2) is 19.1 Å². The standard InChI is InChI=1S/C19H22N2O3/c1-3-12-24-17-14(9-7-11-16(17)23-4-2)18-20-15-10-6-5-8-13(15)19(22)21-18/h5-11,18,20H,3-4,12H2,1-2H3,(H,21,22)/t18-/m1/s1. The van der Waals surface area contributed by atoms with Gasteiger partial charge in [0.05, 0.1) is 18.8 Å². The number of anilines is 1. The van der Waals surface area contributed by atoms with E-state index in [4.69, 9.17) is 9.47 Å². The van der Waals surface area contributed by atoms with Gasteiger partial charge in [0.15, 0.2) is 11.5 Å². The molecule has 24 heavy (non-hydrogen) atoms. The number of rotatable bonds is 6. The van der Waals surface area contributed by atoms with E-state index in [9.17, 15) is 4.79 Å². The van der Waals surface area contributed by atoms with Crippen LogP contribution in [0.25, 0.3) is 0 Å². The minimum atomic E-state index is -0.361. The number of hydrogen-bond acceptors (Lipinski definition) is 4. The first-order chi connectivity index (χ1) is 11.7. The zero-order chi connectivity index (χ0) is 16.9. The molecule has 126 valence electrons. The second-order valence-corrected chi connectivity index (χ2v) is 5.55. The van der Waals surface area contributed by atoms with Crippen molar-refractivity contribution in [3.63, 3.8) is 0 Å². The highest BCUT2D eigenvalue weighted by Gasteiger charge is 2.27. The van der Waals surface area contributed by atoms with Crippen molar-refractivity contribution in [2.45, 2.75) is 26.4 Å². The Kier molecular flexibility index (Phi) is 4.89. The average molecular weight is 326 g/mol.